The van der Waals surface area contributed by atoms with Gasteiger partial charge in [0.25, 0.3) is 0 Å². The summed E-state index contributed by atoms with van der Waals surface area (Å²) in [7, 11) is 0. The Bertz CT molecular complexity index is 1530. The highest BCUT2D eigenvalue weighted by molar-refractivity contribution is 5.70. The number of carbonyl (C=O) groups excluding carboxylic acids is 2. The molecule has 2 aliphatic rings. The van der Waals surface area contributed by atoms with E-state index in [1.165, 1.54) is 77.0 Å². The lowest BCUT2D eigenvalue weighted by molar-refractivity contribution is -0.332. The molecule has 2 rings (SSSR count). The normalized spacial score (nSPS) is 25.6. The summed E-state index contributed by atoms with van der Waals surface area (Å²) in [5, 5.41) is 72.2. The lowest BCUT2D eigenvalue weighted by Crippen LogP contribution is -2.61. The molecule has 0 aliphatic carbocycles. The summed E-state index contributed by atoms with van der Waals surface area (Å²) in [6.07, 6.45) is 35.0. The third-order valence-electron chi connectivity index (χ3n) is 12.7. The van der Waals surface area contributed by atoms with E-state index in [-0.39, 0.29) is 19.4 Å². The molecule has 0 amide bonds. The van der Waals surface area contributed by atoms with Gasteiger partial charge < -0.3 is 64.2 Å². The van der Waals surface area contributed by atoms with Crippen LogP contribution in [0.1, 0.15) is 181 Å². The number of aliphatic hydroxyl groups excluding tert-OH is 7. The quantitative estimate of drug-likeness (QED) is 0.0172. The molecule has 15 heteroatoms. The largest absolute Gasteiger partial charge is 0.462 e. The van der Waals surface area contributed by atoms with E-state index in [1.807, 2.05) is 12.2 Å². The van der Waals surface area contributed by atoms with Crippen LogP contribution in [0.2, 0.25) is 0 Å². The highest BCUT2D eigenvalue weighted by Gasteiger charge is 2.47. The van der Waals surface area contributed by atoms with Gasteiger partial charge in [-0.05, 0) is 83.5 Å². The standard InChI is InChI=1S/C57H96O15/c1-3-5-7-9-11-13-15-17-19-21-22-24-25-27-29-31-33-35-37-39-48(59)67-42-45(70-49(60)40-38-36-34-32-30-28-26-23-20-18-16-14-12-10-8-6-4-2)43-68-56-55(66)53(64)51(62)47(72-56)44-69-57-54(65)52(63)50(61)46(41-58)71-57/h11-14,17-20,26,28,32,34,45-47,50-58,61-66H,3-10,15-16,21-25,27,29-31,33,35-44H2,1-2H3/b13-11+,14-12+,19-17+,20-18+,28-26+,34-32+/t45-,46+,47+,50-,51-,52?,53?,54?,55?,56+,57+/m0/s1. The van der Waals surface area contributed by atoms with Gasteiger partial charge in [-0.2, -0.15) is 0 Å². The zero-order chi connectivity index (χ0) is 52.4. The van der Waals surface area contributed by atoms with Gasteiger partial charge in [-0.1, -0.05) is 157 Å². The average Bonchev–Trinajstić information content (AvgIpc) is 3.37. The number of aliphatic hydroxyl groups is 7. The van der Waals surface area contributed by atoms with Crippen molar-refractivity contribution < 1.29 is 73.8 Å². The van der Waals surface area contributed by atoms with Crippen molar-refractivity contribution in [3.63, 3.8) is 0 Å². The van der Waals surface area contributed by atoms with E-state index in [2.05, 4.69) is 74.6 Å². The topological polar surface area (TPSA) is 231 Å². The number of unbranched alkanes of at least 4 members (excludes halogenated alkanes) is 16. The van der Waals surface area contributed by atoms with Crippen molar-refractivity contribution in [2.24, 2.45) is 0 Å². The van der Waals surface area contributed by atoms with Gasteiger partial charge in [-0.15, -0.1) is 0 Å². The Labute approximate surface area is 432 Å². The van der Waals surface area contributed by atoms with Gasteiger partial charge in [0, 0.05) is 12.8 Å². The van der Waals surface area contributed by atoms with Gasteiger partial charge in [-0.25, -0.2) is 0 Å². The van der Waals surface area contributed by atoms with Gasteiger partial charge in [0.05, 0.1) is 19.8 Å². The van der Waals surface area contributed by atoms with Crippen molar-refractivity contribution in [1.82, 2.24) is 0 Å². The molecule has 0 aromatic rings. The lowest BCUT2D eigenvalue weighted by atomic mass is 9.98. The van der Waals surface area contributed by atoms with E-state index in [9.17, 15) is 45.3 Å². The number of hydrogen-bond acceptors (Lipinski definition) is 15. The van der Waals surface area contributed by atoms with Crippen molar-refractivity contribution in [3.05, 3.63) is 72.9 Å². The zero-order valence-corrected chi connectivity index (χ0v) is 43.9. The van der Waals surface area contributed by atoms with Crippen LogP contribution in [0.3, 0.4) is 0 Å². The van der Waals surface area contributed by atoms with E-state index < -0.39 is 99.3 Å². The third-order valence-corrected chi connectivity index (χ3v) is 12.7. The fraction of sp³-hybridized carbons (Fsp3) is 0.754. The van der Waals surface area contributed by atoms with Crippen molar-refractivity contribution >= 4 is 11.9 Å². The molecule has 2 aliphatic heterocycles. The minimum Gasteiger partial charge on any atom is -0.462 e. The zero-order valence-electron chi connectivity index (χ0n) is 43.9. The summed E-state index contributed by atoms with van der Waals surface area (Å²) in [6.45, 7) is 2.47. The minimum absolute atomic E-state index is 0.0853. The minimum atomic E-state index is -1.78. The SMILES string of the molecule is CCCCC/C=C/C/C=C/C/C=C/C/C=C/CCCC(=O)O[C@@H](COC(=O)CCCCCCCCCCC/C=C/C/C=C/CCCCC)CO[C@@H]1O[C@H](CO[C@@H]2O[C@H](CO)[C@H](O)C(O)C2O)[C@H](O)C(O)C1O. The average molecular weight is 1020 g/mol. The second-order valence-electron chi connectivity index (χ2n) is 19.0. The molecule has 0 aromatic carbocycles. The smallest absolute Gasteiger partial charge is 0.306 e. The Morgan fingerprint density at radius 2 is 0.847 bits per heavy atom. The van der Waals surface area contributed by atoms with Crippen molar-refractivity contribution in [3.8, 4) is 0 Å². The maximum Gasteiger partial charge on any atom is 0.306 e. The van der Waals surface area contributed by atoms with Crippen LogP contribution in [-0.2, 0) is 38.0 Å². The van der Waals surface area contributed by atoms with Crippen LogP contribution in [0.4, 0.5) is 0 Å². The monoisotopic (exact) mass is 1020 g/mol. The Hall–Kier alpha value is -3.06. The van der Waals surface area contributed by atoms with Crippen LogP contribution in [0.5, 0.6) is 0 Å². The number of rotatable bonds is 42. The van der Waals surface area contributed by atoms with Crippen LogP contribution in [0, 0.1) is 0 Å². The first kappa shape index (κ1) is 65.1. The first-order chi connectivity index (χ1) is 35.0. The molecule has 0 radical (unpaired) electrons. The fourth-order valence-electron chi connectivity index (χ4n) is 8.12. The molecule has 15 nitrogen and oxygen atoms in total. The maximum atomic E-state index is 13.0. The number of esters is 2. The van der Waals surface area contributed by atoms with Gasteiger partial charge in [0.1, 0.15) is 55.4 Å². The van der Waals surface area contributed by atoms with Crippen LogP contribution < -0.4 is 0 Å². The summed E-state index contributed by atoms with van der Waals surface area (Å²) in [6, 6.07) is 0. The van der Waals surface area contributed by atoms with Crippen LogP contribution in [0.15, 0.2) is 72.9 Å². The summed E-state index contributed by atoms with van der Waals surface area (Å²) in [5.74, 6) is -0.998. The van der Waals surface area contributed by atoms with Gasteiger partial charge in [0.15, 0.2) is 18.7 Å². The second kappa shape index (κ2) is 43.2. The predicted molar refractivity (Wildman–Crippen MR) is 279 cm³/mol. The molecule has 414 valence electrons. The summed E-state index contributed by atoms with van der Waals surface area (Å²) in [5.41, 5.74) is 0. The summed E-state index contributed by atoms with van der Waals surface area (Å²) < 4.78 is 33.6. The van der Waals surface area contributed by atoms with Gasteiger partial charge in [0.2, 0.25) is 0 Å². The molecule has 72 heavy (non-hydrogen) atoms. The Morgan fingerprint density at radius 3 is 1.35 bits per heavy atom. The second-order valence-corrected chi connectivity index (χ2v) is 19.0. The molecule has 0 aromatic heterocycles. The van der Waals surface area contributed by atoms with Crippen LogP contribution in [0.25, 0.3) is 0 Å². The number of carbonyl (C=O) groups is 2. The number of ether oxygens (including phenoxy) is 6. The molecule has 2 fully saturated rings. The van der Waals surface area contributed by atoms with E-state index in [0.29, 0.717) is 19.3 Å². The third kappa shape index (κ3) is 30.3. The molecule has 11 atom stereocenters. The first-order valence-electron chi connectivity index (χ1n) is 27.5. The van der Waals surface area contributed by atoms with E-state index in [1.54, 1.807) is 0 Å². The lowest BCUT2D eigenvalue weighted by Gasteiger charge is -2.42. The Kier molecular flexibility index (Phi) is 39.0. The van der Waals surface area contributed by atoms with E-state index in [0.717, 1.165) is 57.8 Å². The maximum absolute atomic E-state index is 13.0. The van der Waals surface area contributed by atoms with Crippen molar-refractivity contribution in [1.29, 1.82) is 0 Å². The summed E-state index contributed by atoms with van der Waals surface area (Å²) >= 11 is 0. The Balaban J connectivity index is 1.81. The van der Waals surface area contributed by atoms with E-state index >= 15 is 0 Å². The first-order valence-corrected chi connectivity index (χ1v) is 27.5. The fourth-order valence-corrected chi connectivity index (χ4v) is 8.12. The van der Waals surface area contributed by atoms with Gasteiger partial charge >= 0.3 is 11.9 Å². The number of hydrogen-bond donors (Lipinski definition) is 7. The van der Waals surface area contributed by atoms with Crippen LogP contribution >= 0.6 is 0 Å². The molecular weight excluding hydrogens is 925 g/mol. The molecule has 7 N–H and O–H groups in total. The molecule has 2 saturated heterocycles. The van der Waals surface area contributed by atoms with Crippen LogP contribution in [-0.4, -0.2) is 142 Å². The van der Waals surface area contributed by atoms with Gasteiger partial charge in [-0.3, -0.25) is 9.59 Å². The van der Waals surface area contributed by atoms with Crippen molar-refractivity contribution in [2.45, 2.75) is 248 Å². The molecule has 0 saturated carbocycles. The highest BCUT2D eigenvalue weighted by atomic mass is 16.7. The molecule has 0 spiro atoms. The summed E-state index contributed by atoms with van der Waals surface area (Å²) in [4.78, 5) is 25.8. The Morgan fingerprint density at radius 1 is 0.444 bits per heavy atom. The number of allylic oxidation sites excluding steroid dienone is 12. The molecular formula is C57H96O15. The molecule has 2 heterocycles. The molecule has 0 bridgehead atoms. The van der Waals surface area contributed by atoms with E-state index in [4.69, 9.17) is 28.4 Å². The predicted octanol–water partition coefficient (Wildman–Crippen LogP) is 8.60. The molecule has 4 unspecified atom stereocenters. The van der Waals surface area contributed by atoms with Crippen molar-refractivity contribution in [2.75, 3.05) is 26.4 Å². The highest BCUT2D eigenvalue weighted by Crippen LogP contribution is 2.26.